The van der Waals surface area contributed by atoms with Crippen molar-refractivity contribution < 1.29 is 4.79 Å². The van der Waals surface area contributed by atoms with Crippen molar-refractivity contribution in [2.45, 2.75) is 76.0 Å². The van der Waals surface area contributed by atoms with Crippen LogP contribution in [-0.2, 0) is 10.8 Å². The van der Waals surface area contributed by atoms with Crippen LogP contribution >= 0.6 is 0 Å². The molecule has 0 atom stereocenters. The zero-order chi connectivity index (χ0) is 52.7. The van der Waals surface area contributed by atoms with Gasteiger partial charge in [-0.05, 0) is 88.7 Å². The van der Waals surface area contributed by atoms with Crippen LogP contribution in [0.4, 0.5) is 16.2 Å². The molecule has 0 heterocycles. The predicted molar refractivity (Wildman–Crippen MR) is 318 cm³/mol. The van der Waals surface area contributed by atoms with Gasteiger partial charge in [-0.25, -0.2) is 4.79 Å². The van der Waals surface area contributed by atoms with Gasteiger partial charge in [-0.3, -0.25) is 0 Å². The first-order chi connectivity index (χ1) is 36.9. The van der Waals surface area contributed by atoms with Crippen molar-refractivity contribution in [2.24, 2.45) is 0 Å². The number of rotatable bonds is 14. The van der Waals surface area contributed by atoms with Crippen LogP contribution in [0.3, 0.4) is 0 Å². The maximum absolute atomic E-state index is 16.3. The Balaban J connectivity index is 1.27. The minimum Gasteiger partial charge on any atom is -0.307 e. The molecule has 376 valence electrons. The van der Waals surface area contributed by atoms with E-state index in [9.17, 15) is 0 Å². The van der Waals surface area contributed by atoms with E-state index >= 15 is 4.79 Å². The lowest BCUT2D eigenvalue weighted by atomic mass is 9.74. The number of benzene rings is 10. The summed E-state index contributed by atoms with van der Waals surface area (Å²) in [6.07, 6.45) is 0. The number of anilines is 2. The number of nitrogens with one attached hydrogen (secondary N) is 2. The van der Waals surface area contributed by atoms with Gasteiger partial charge < -0.3 is 10.6 Å². The second kappa shape index (κ2) is 22.5. The predicted octanol–water partition coefficient (Wildman–Crippen LogP) is 18.6. The highest BCUT2D eigenvalue weighted by Gasteiger charge is 2.34. The summed E-state index contributed by atoms with van der Waals surface area (Å²) >= 11 is 0. The van der Waals surface area contributed by atoms with E-state index in [2.05, 4.69) is 319 Å². The molecule has 10 aromatic carbocycles. The fraction of sp³-hybridized carbons (Fsp3) is 0.164. The third-order valence-electron chi connectivity index (χ3n) is 14.9. The first-order valence-corrected chi connectivity index (χ1v) is 26.8. The van der Waals surface area contributed by atoms with Crippen molar-refractivity contribution >= 4 is 17.4 Å². The zero-order valence-electron chi connectivity index (χ0n) is 44.6. The van der Waals surface area contributed by atoms with Gasteiger partial charge in [0.2, 0.25) is 0 Å². The van der Waals surface area contributed by atoms with Gasteiger partial charge in [-0.1, -0.05) is 308 Å². The third-order valence-corrected chi connectivity index (χ3v) is 14.9. The van der Waals surface area contributed by atoms with E-state index in [1.165, 1.54) is 11.1 Å². The Morgan fingerprint density at radius 1 is 0.276 bits per heavy atom. The number of carbonyl (C=O) groups excluding carboxylic acids is 1. The number of carbonyl (C=O) groups is 1. The van der Waals surface area contributed by atoms with E-state index in [1.54, 1.807) is 0 Å². The van der Waals surface area contributed by atoms with Crippen molar-refractivity contribution in [1.29, 1.82) is 0 Å². The first kappa shape index (κ1) is 51.0. The SMILES string of the molecule is CC(C)(C)c1cc(C(c2ccccc2)c2ccccc2)c(NC(=O)Nc2c(C(c3ccccc3)c3ccccc3)cc(C(C)(C)C)cc2C(c2ccccc2)c2ccccc2)c(C(c2ccccc2)c2ccccc2)c1. The molecule has 0 aliphatic heterocycles. The number of hydrogen-bond donors (Lipinski definition) is 2. The Kier molecular flexibility index (Phi) is 15.1. The molecule has 0 aromatic heterocycles. The molecule has 0 aliphatic carbocycles. The highest BCUT2D eigenvalue weighted by atomic mass is 16.2. The van der Waals surface area contributed by atoms with Crippen LogP contribution in [0.2, 0.25) is 0 Å². The van der Waals surface area contributed by atoms with Gasteiger partial charge in [0.1, 0.15) is 0 Å². The summed E-state index contributed by atoms with van der Waals surface area (Å²) < 4.78 is 0. The highest BCUT2D eigenvalue weighted by molar-refractivity contribution is 6.03. The second-order valence-corrected chi connectivity index (χ2v) is 22.2. The number of amides is 2. The minimum atomic E-state index is -0.323. The Labute approximate surface area is 451 Å². The van der Waals surface area contributed by atoms with Crippen LogP contribution in [0.25, 0.3) is 0 Å². The molecular formula is C73H68N2O. The Morgan fingerprint density at radius 3 is 0.579 bits per heavy atom. The molecule has 2 N–H and O–H groups in total. The normalized spacial score (nSPS) is 11.8. The highest BCUT2D eigenvalue weighted by Crippen LogP contribution is 2.48. The minimum absolute atomic E-state index is 0.232. The molecule has 3 heteroatoms. The van der Waals surface area contributed by atoms with Crippen molar-refractivity contribution in [1.82, 2.24) is 0 Å². The molecule has 0 aliphatic rings. The fourth-order valence-corrected chi connectivity index (χ4v) is 11.1. The summed E-state index contributed by atoms with van der Waals surface area (Å²) in [5.41, 5.74) is 16.6. The molecule has 76 heavy (non-hydrogen) atoms. The van der Waals surface area contributed by atoms with Crippen LogP contribution in [-0.4, -0.2) is 6.03 Å². The van der Waals surface area contributed by atoms with Crippen LogP contribution in [0.5, 0.6) is 0 Å². The fourth-order valence-electron chi connectivity index (χ4n) is 11.1. The topological polar surface area (TPSA) is 41.1 Å². The summed E-state index contributed by atoms with van der Waals surface area (Å²) in [5, 5.41) is 7.46. The van der Waals surface area contributed by atoms with Gasteiger partial charge in [0.05, 0.1) is 11.4 Å². The lowest BCUT2D eigenvalue weighted by molar-refractivity contribution is 0.262. The van der Waals surface area contributed by atoms with Gasteiger partial charge >= 0.3 is 6.03 Å². The van der Waals surface area contributed by atoms with Crippen molar-refractivity contribution in [3.05, 3.63) is 345 Å². The molecule has 3 nitrogen and oxygen atoms in total. The van der Waals surface area contributed by atoms with E-state index in [0.29, 0.717) is 0 Å². The molecule has 0 radical (unpaired) electrons. The molecule has 0 saturated carbocycles. The van der Waals surface area contributed by atoms with E-state index in [0.717, 1.165) is 78.1 Å². The monoisotopic (exact) mass is 989 g/mol. The molecule has 0 saturated heterocycles. The Bertz CT molecular complexity index is 2880. The lowest BCUT2D eigenvalue weighted by Gasteiger charge is -2.33. The van der Waals surface area contributed by atoms with Gasteiger partial charge in [-0.2, -0.15) is 0 Å². The standard InChI is InChI=1S/C73H68N2O/c1-72(2,3)59-47-61(65(51-31-15-7-16-32-51)52-33-17-8-18-34-52)69(62(48-59)66(53-35-19-9-20-36-53)54-37-21-10-22-38-54)74-71(76)75-70-63(67(55-39-23-11-24-40-55)56-41-25-12-26-42-56)49-60(73(4,5)6)50-64(70)68(57-43-27-13-28-44-57)58-45-29-14-30-46-58/h7-50,65-68H,1-6H3,(H2,74,75,76). The Hall–Kier alpha value is -8.53. The van der Waals surface area contributed by atoms with Gasteiger partial charge in [0.25, 0.3) is 0 Å². The molecule has 0 bridgehead atoms. The quantitative estimate of drug-likeness (QED) is 0.105. The average molecular weight is 989 g/mol. The van der Waals surface area contributed by atoms with Gasteiger partial charge in [-0.15, -0.1) is 0 Å². The molecule has 10 aromatic rings. The maximum Gasteiger partial charge on any atom is 0.323 e. The smallest absolute Gasteiger partial charge is 0.307 e. The molecule has 0 fully saturated rings. The summed E-state index contributed by atoms with van der Waals surface area (Å²) in [5.74, 6) is -0.929. The number of hydrogen-bond acceptors (Lipinski definition) is 1. The lowest BCUT2D eigenvalue weighted by Crippen LogP contribution is -2.27. The second-order valence-electron chi connectivity index (χ2n) is 22.2. The van der Waals surface area contributed by atoms with E-state index in [-0.39, 0.29) is 40.5 Å². The number of urea groups is 1. The van der Waals surface area contributed by atoms with Crippen LogP contribution in [0, 0.1) is 0 Å². The largest absolute Gasteiger partial charge is 0.323 e. The van der Waals surface area contributed by atoms with Crippen molar-refractivity contribution in [2.75, 3.05) is 10.6 Å². The van der Waals surface area contributed by atoms with Crippen molar-refractivity contribution in [3.63, 3.8) is 0 Å². The van der Waals surface area contributed by atoms with E-state index < -0.39 is 0 Å². The van der Waals surface area contributed by atoms with E-state index in [4.69, 9.17) is 0 Å². The summed E-state index contributed by atoms with van der Waals surface area (Å²) in [6.45, 7) is 13.7. The Morgan fingerprint density at radius 2 is 0.434 bits per heavy atom. The molecule has 0 spiro atoms. The summed E-state index contributed by atoms with van der Waals surface area (Å²) in [7, 11) is 0. The molecule has 0 unspecified atom stereocenters. The summed E-state index contributed by atoms with van der Waals surface area (Å²) in [4.78, 5) is 16.3. The third kappa shape index (κ3) is 11.3. The van der Waals surface area contributed by atoms with Crippen LogP contribution in [0.1, 0.15) is 143 Å². The summed E-state index contributed by atoms with van der Waals surface area (Å²) in [6, 6.07) is 95.0. The zero-order valence-corrected chi connectivity index (χ0v) is 44.6. The average Bonchev–Trinajstić information content (AvgIpc) is 3.50. The molecule has 10 rings (SSSR count). The van der Waals surface area contributed by atoms with Gasteiger partial charge in [0, 0.05) is 23.7 Å². The van der Waals surface area contributed by atoms with Crippen molar-refractivity contribution in [3.8, 4) is 0 Å². The van der Waals surface area contributed by atoms with Gasteiger partial charge in [0.15, 0.2) is 0 Å². The van der Waals surface area contributed by atoms with E-state index in [1.807, 2.05) is 0 Å². The first-order valence-electron chi connectivity index (χ1n) is 26.8. The molecular weight excluding hydrogens is 921 g/mol. The maximum atomic E-state index is 16.3. The van der Waals surface area contributed by atoms with Crippen LogP contribution < -0.4 is 10.6 Å². The van der Waals surface area contributed by atoms with Crippen LogP contribution in [0.15, 0.2) is 267 Å². The molecule has 2 amide bonds.